The van der Waals surface area contributed by atoms with Crippen molar-refractivity contribution in [1.82, 2.24) is 0 Å². The Balaban J connectivity index is 2.26. The van der Waals surface area contributed by atoms with Gasteiger partial charge in [-0.2, -0.15) is 0 Å². The Bertz CT molecular complexity index is 179. The summed E-state index contributed by atoms with van der Waals surface area (Å²) in [6, 6.07) is 0. The minimum absolute atomic E-state index is 0.0609. The molecule has 0 unspecified atom stereocenters. The predicted molar refractivity (Wildman–Crippen MR) is 54.1 cm³/mol. The zero-order chi connectivity index (χ0) is 10.4. The summed E-state index contributed by atoms with van der Waals surface area (Å²) in [4.78, 5) is 11.2. The van der Waals surface area contributed by atoms with Gasteiger partial charge in [-0.1, -0.05) is 6.92 Å². The SMILES string of the molecule is CCCC(=O)O[C@H]1CCC[C@@H](OC)C1. The Morgan fingerprint density at radius 3 is 2.71 bits per heavy atom. The average molecular weight is 200 g/mol. The molecule has 14 heavy (non-hydrogen) atoms. The molecule has 0 radical (unpaired) electrons. The van der Waals surface area contributed by atoms with Gasteiger partial charge in [-0.05, 0) is 25.7 Å². The topological polar surface area (TPSA) is 35.5 Å². The highest BCUT2D eigenvalue weighted by Crippen LogP contribution is 2.23. The Labute approximate surface area is 85.8 Å². The summed E-state index contributed by atoms with van der Waals surface area (Å²) in [5.74, 6) is -0.0609. The van der Waals surface area contributed by atoms with E-state index in [9.17, 15) is 4.79 Å². The lowest BCUT2D eigenvalue weighted by molar-refractivity contribution is -0.152. The predicted octanol–water partition coefficient (Wildman–Crippen LogP) is 2.29. The molecule has 3 nitrogen and oxygen atoms in total. The van der Waals surface area contributed by atoms with Crippen LogP contribution in [-0.2, 0) is 14.3 Å². The second kappa shape index (κ2) is 6.02. The molecule has 1 fully saturated rings. The smallest absolute Gasteiger partial charge is 0.306 e. The Morgan fingerprint density at radius 2 is 2.07 bits per heavy atom. The van der Waals surface area contributed by atoms with Crippen LogP contribution in [-0.4, -0.2) is 25.3 Å². The van der Waals surface area contributed by atoms with Crippen molar-refractivity contribution < 1.29 is 14.3 Å². The van der Waals surface area contributed by atoms with E-state index in [0.717, 1.165) is 32.1 Å². The van der Waals surface area contributed by atoms with Gasteiger partial charge in [0, 0.05) is 20.0 Å². The third kappa shape index (κ3) is 3.66. The fraction of sp³-hybridized carbons (Fsp3) is 0.909. The molecule has 3 heteroatoms. The number of hydrogen-bond acceptors (Lipinski definition) is 3. The van der Waals surface area contributed by atoms with Gasteiger partial charge in [0.15, 0.2) is 0 Å². The van der Waals surface area contributed by atoms with Crippen LogP contribution in [0.2, 0.25) is 0 Å². The molecule has 2 atom stereocenters. The first-order valence-corrected chi connectivity index (χ1v) is 5.48. The van der Waals surface area contributed by atoms with Gasteiger partial charge in [-0.15, -0.1) is 0 Å². The molecule has 0 heterocycles. The van der Waals surface area contributed by atoms with E-state index in [-0.39, 0.29) is 18.2 Å². The first-order chi connectivity index (χ1) is 6.76. The third-order valence-electron chi connectivity index (χ3n) is 2.66. The fourth-order valence-electron chi connectivity index (χ4n) is 1.87. The number of carbonyl (C=O) groups is 1. The molecule has 1 aliphatic rings. The molecule has 1 aliphatic carbocycles. The zero-order valence-corrected chi connectivity index (χ0v) is 9.12. The molecule has 82 valence electrons. The van der Waals surface area contributed by atoms with Crippen LogP contribution in [0.5, 0.6) is 0 Å². The van der Waals surface area contributed by atoms with Crippen molar-refractivity contribution in [2.75, 3.05) is 7.11 Å². The van der Waals surface area contributed by atoms with Gasteiger partial charge >= 0.3 is 5.97 Å². The van der Waals surface area contributed by atoms with E-state index in [1.54, 1.807) is 7.11 Å². The minimum atomic E-state index is -0.0609. The molecule has 1 saturated carbocycles. The molecule has 0 aromatic carbocycles. The Kier molecular flexibility index (Phi) is 4.94. The maximum atomic E-state index is 11.2. The van der Waals surface area contributed by atoms with E-state index in [1.165, 1.54) is 0 Å². The fourth-order valence-corrected chi connectivity index (χ4v) is 1.87. The summed E-state index contributed by atoms with van der Waals surface area (Å²) in [6.45, 7) is 1.99. The van der Waals surface area contributed by atoms with Crippen LogP contribution in [0.4, 0.5) is 0 Å². The molecule has 0 amide bonds. The summed E-state index contributed by atoms with van der Waals surface area (Å²) in [7, 11) is 1.72. The maximum absolute atomic E-state index is 11.2. The van der Waals surface area contributed by atoms with Gasteiger partial charge in [0.25, 0.3) is 0 Å². The van der Waals surface area contributed by atoms with Crippen molar-refractivity contribution in [2.24, 2.45) is 0 Å². The molecule has 0 bridgehead atoms. The monoisotopic (exact) mass is 200 g/mol. The van der Waals surface area contributed by atoms with Gasteiger partial charge in [0.05, 0.1) is 6.10 Å². The quantitative estimate of drug-likeness (QED) is 0.653. The highest BCUT2D eigenvalue weighted by Gasteiger charge is 2.24. The highest BCUT2D eigenvalue weighted by atomic mass is 16.5. The van der Waals surface area contributed by atoms with Crippen LogP contribution in [0.3, 0.4) is 0 Å². The Hall–Kier alpha value is -0.570. The number of hydrogen-bond donors (Lipinski definition) is 0. The van der Waals surface area contributed by atoms with Crippen molar-refractivity contribution in [3.05, 3.63) is 0 Å². The van der Waals surface area contributed by atoms with Crippen LogP contribution in [0.15, 0.2) is 0 Å². The first-order valence-electron chi connectivity index (χ1n) is 5.48. The largest absolute Gasteiger partial charge is 0.462 e. The lowest BCUT2D eigenvalue weighted by Crippen LogP contribution is -2.29. The van der Waals surface area contributed by atoms with Gasteiger partial charge < -0.3 is 9.47 Å². The molecule has 0 spiro atoms. The van der Waals surface area contributed by atoms with E-state index >= 15 is 0 Å². The highest BCUT2D eigenvalue weighted by molar-refractivity contribution is 5.69. The van der Waals surface area contributed by atoms with E-state index in [2.05, 4.69) is 0 Å². The van der Waals surface area contributed by atoms with Gasteiger partial charge in [0.2, 0.25) is 0 Å². The second-order valence-corrected chi connectivity index (χ2v) is 3.89. The van der Waals surface area contributed by atoms with Gasteiger partial charge in [0.1, 0.15) is 6.10 Å². The maximum Gasteiger partial charge on any atom is 0.306 e. The van der Waals surface area contributed by atoms with Gasteiger partial charge in [-0.3, -0.25) is 4.79 Å². The number of rotatable bonds is 4. The molecule has 0 saturated heterocycles. The third-order valence-corrected chi connectivity index (χ3v) is 2.66. The van der Waals surface area contributed by atoms with Crippen LogP contribution in [0.25, 0.3) is 0 Å². The minimum Gasteiger partial charge on any atom is -0.462 e. The first kappa shape index (κ1) is 11.5. The van der Waals surface area contributed by atoms with Crippen LogP contribution >= 0.6 is 0 Å². The summed E-state index contributed by atoms with van der Waals surface area (Å²) in [6.07, 6.45) is 5.83. The van der Waals surface area contributed by atoms with E-state index in [0.29, 0.717) is 6.42 Å². The molecular formula is C11H20O3. The van der Waals surface area contributed by atoms with Gasteiger partial charge in [-0.25, -0.2) is 0 Å². The average Bonchev–Trinajstić information content (AvgIpc) is 2.18. The van der Waals surface area contributed by atoms with Crippen LogP contribution in [0, 0.1) is 0 Å². The lowest BCUT2D eigenvalue weighted by atomic mass is 9.95. The van der Waals surface area contributed by atoms with Crippen molar-refractivity contribution >= 4 is 5.97 Å². The van der Waals surface area contributed by atoms with Crippen molar-refractivity contribution in [2.45, 2.75) is 57.7 Å². The standard InChI is InChI=1S/C11H20O3/c1-3-5-11(12)14-10-7-4-6-9(8-10)13-2/h9-10H,3-8H2,1-2H3/t9-,10+/m1/s1. The molecule has 0 aromatic rings. The van der Waals surface area contributed by atoms with E-state index in [1.807, 2.05) is 6.92 Å². The number of esters is 1. The summed E-state index contributed by atoms with van der Waals surface area (Å²) in [5, 5.41) is 0. The molecule has 0 aliphatic heterocycles. The summed E-state index contributed by atoms with van der Waals surface area (Å²) in [5.41, 5.74) is 0. The summed E-state index contributed by atoms with van der Waals surface area (Å²) >= 11 is 0. The van der Waals surface area contributed by atoms with Crippen molar-refractivity contribution in [3.8, 4) is 0 Å². The number of carbonyl (C=O) groups excluding carboxylic acids is 1. The molecule has 0 aromatic heterocycles. The lowest BCUT2D eigenvalue weighted by Gasteiger charge is -2.27. The molecule has 0 N–H and O–H groups in total. The molecular weight excluding hydrogens is 180 g/mol. The van der Waals surface area contributed by atoms with E-state index in [4.69, 9.17) is 9.47 Å². The van der Waals surface area contributed by atoms with Crippen LogP contribution < -0.4 is 0 Å². The van der Waals surface area contributed by atoms with Crippen molar-refractivity contribution in [3.63, 3.8) is 0 Å². The normalized spacial score (nSPS) is 27.3. The Morgan fingerprint density at radius 1 is 1.36 bits per heavy atom. The van der Waals surface area contributed by atoms with E-state index < -0.39 is 0 Å². The second-order valence-electron chi connectivity index (χ2n) is 3.89. The summed E-state index contributed by atoms with van der Waals surface area (Å²) < 4.78 is 10.6. The van der Waals surface area contributed by atoms with Crippen LogP contribution in [0.1, 0.15) is 45.4 Å². The zero-order valence-electron chi connectivity index (χ0n) is 9.12. The number of methoxy groups -OCH3 is 1. The molecule has 1 rings (SSSR count). The number of ether oxygens (including phenoxy) is 2. The van der Waals surface area contributed by atoms with Crippen molar-refractivity contribution in [1.29, 1.82) is 0 Å².